The second kappa shape index (κ2) is 4.28. The molecular formula is C14H15FN2S. The summed E-state index contributed by atoms with van der Waals surface area (Å²) in [6.07, 6.45) is 1.04. The molecule has 0 fully saturated rings. The highest BCUT2D eigenvalue weighted by Crippen LogP contribution is 2.32. The zero-order chi connectivity index (χ0) is 12.7. The van der Waals surface area contributed by atoms with Crippen molar-refractivity contribution in [3.63, 3.8) is 0 Å². The lowest BCUT2D eigenvalue weighted by molar-refractivity contribution is 0.618. The zero-order valence-electron chi connectivity index (χ0n) is 10.2. The van der Waals surface area contributed by atoms with Gasteiger partial charge in [0, 0.05) is 18.0 Å². The molecule has 0 saturated carbocycles. The van der Waals surface area contributed by atoms with Crippen molar-refractivity contribution in [1.29, 1.82) is 0 Å². The molecule has 3 rings (SSSR count). The van der Waals surface area contributed by atoms with Crippen molar-refractivity contribution < 1.29 is 4.39 Å². The average molecular weight is 262 g/mol. The Hall–Kier alpha value is -1.55. The number of rotatable bonds is 1. The molecule has 0 bridgehead atoms. The van der Waals surface area contributed by atoms with Crippen LogP contribution in [0.5, 0.6) is 0 Å². The van der Waals surface area contributed by atoms with Crippen LogP contribution in [-0.4, -0.2) is 6.54 Å². The van der Waals surface area contributed by atoms with Crippen molar-refractivity contribution in [2.24, 2.45) is 0 Å². The molecule has 94 valence electrons. The Morgan fingerprint density at radius 1 is 1.39 bits per heavy atom. The third kappa shape index (κ3) is 1.86. The van der Waals surface area contributed by atoms with E-state index in [0.29, 0.717) is 11.3 Å². The van der Waals surface area contributed by atoms with Crippen LogP contribution < -0.4 is 10.6 Å². The molecule has 0 saturated heterocycles. The topological polar surface area (TPSA) is 29.3 Å². The normalized spacial score (nSPS) is 14.7. The first-order chi connectivity index (χ1) is 8.65. The first kappa shape index (κ1) is 11.5. The molecule has 1 aliphatic heterocycles. The van der Waals surface area contributed by atoms with Crippen molar-refractivity contribution in [1.82, 2.24) is 0 Å². The van der Waals surface area contributed by atoms with Crippen LogP contribution in [0.1, 0.15) is 16.0 Å². The van der Waals surface area contributed by atoms with Gasteiger partial charge in [-0.25, -0.2) is 4.39 Å². The highest BCUT2D eigenvalue weighted by molar-refractivity contribution is 7.10. The molecule has 0 radical (unpaired) electrons. The van der Waals surface area contributed by atoms with Gasteiger partial charge in [0.05, 0.1) is 11.4 Å². The molecule has 0 amide bonds. The number of thiophene rings is 1. The molecular weight excluding hydrogens is 247 g/mol. The molecule has 0 atom stereocenters. The Bertz CT molecular complexity index is 591. The molecule has 18 heavy (non-hydrogen) atoms. The third-order valence-electron chi connectivity index (χ3n) is 3.46. The number of nitrogen functional groups attached to an aromatic ring is 1. The van der Waals surface area contributed by atoms with Gasteiger partial charge in [0.2, 0.25) is 0 Å². The summed E-state index contributed by atoms with van der Waals surface area (Å²) in [5, 5.41) is 2.13. The summed E-state index contributed by atoms with van der Waals surface area (Å²) in [5.41, 5.74) is 9.43. The molecule has 4 heteroatoms. The van der Waals surface area contributed by atoms with Crippen LogP contribution in [0.25, 0.3) is 0 Å². The summed E-state index contributed by atoms with van der Waals surface area (Å²) in [5.74, 6) is -0.232. The van der Waals surface area contributed by atoms with E-state index in [2.05, 4.69) is 16.3 Å². The molecule has 2 heterocycles. The van der Waals surface area contributed by atoms with E-state index in [1.807, 2.05) is 17.4 Å². The highest BCUT2D eigenvalue weighted by Gasteiger charge is 2.19. The van der Waals surface area contributed by atoms with E-state index in [0.717, 1.165) is 25.2 Å². The van der Waals surface area contributed by atoms with Gasteiger partial charge >= 0.3 is 0 Å². The van der Waals surface area contributed by atoms with E-state index in [-0.39, 0.29) is 5.82 Å². The van der Waals surface area contributed by atoms with Crippen LogP contribution in [0.4, 0.5) is 15.8 Å². The van der Waals surface area contributed by atoms with Crippen LogP contribution in [0, 0.1) is 12.7 Å². The van der Waals surface area contributed by atoms with Crippen molar-refractivity contribution in [3.05, 3.63) is 45.4 Å². The van der Waals surface area contributed by atoms with Crippen molar-refractivity contribution in [3.8, 4) is 0 Å². The molecule has 0 spiro atoms. The van der Waals surface area contributed by atoms with Gasteiger partial charge in [-0.2, -0.15) is 0 Å². The number of aryl methyl sites for hydroxylation is 1. The first-order valence-electron chi connectivity index (χ1n) is 6.01. The van der Waals surface area contributed by atoms with E-state index < -0.39 is 0 Å². The number of fused-ring (bicyclic) bond motifs is 1. The van der Waals surface area contributed by atoms with Gasteiger partial charge in [-0.3, -0.25) is 0 Å². The summed E-state index contributed by atoms with van der Waals surface area (Å²) in [4.78, 5) is 3.69. The Morgan fingerprint density at radius 2 is 2.22 bits per heavy atom. The fourth-order valence-electron chi connectivity index (χ4n) is 2.41. The lowest BCUT2D eigenvalue weighted by atomic mass is 10.1. The minimum Gasteiger partial charge on any atom is -0.397 e. The molecule has 2 aromatic rings. The van der Waals surface area contributed by atoms with Crippen molar-refractivity contribution in [2.75, 3.05) is 17.2 Å². The lowest BCUT2D eigenvalue weighted by Crippen LogP contribution is -2.30. The standard InChI is InChI=1S/C14H15FN2S/c1-9-6-13(12(16)7-11(9)15)17-4-2-14-10(8-17)3-5-18-14/h3,5-7H,2,4,8,16H2,1H3. The van der Waals surface area contributed by atoms with Gasteiger partial charge in [-0.15, -0.1) is 11.3 Å². The van der Waals surface area contributed by atoms with Crippen LogP contribution >= 0.6 is 11.3 Å². The minimum absolute atomic E-state index is 0.232. The maximum Gasteiger partial charge on any atom is 0.128 e. The second-order valence-electron chi connectivity index (χ2n) is 4.70. The van der Waals surface area contributed by atoms with Gasteiger partial charge < -0.3 is 10.6 Å². The number of halogens is 1. The monoisotopic (exact) mass is 262 g/mol. The molecule has 0 unspecified atom stereocenters. The van der Waals surface area contributed by atoms with Crippen molar-refractivity contribution >= 4 is 22.7 Å². The van der Waals surface area contributed by atoms with E-state index in [1.54, 1.807) is 6.92 Å². The molecule has 2 N–H and O–H groups in total. The van der Waals surface area contributed by atoms with Gasteiger partial charge in [0.1, 0.15) is 5.82 Å². The maximum absolute atomic E-state index is 13.4. The highest BCUT2D eigenvalue weighted by atomic mass is 32.1. The second-order valence-corrected chi connectivity index (χ2v) is 5.70. The van der Waals surface area contributed by atoms with Crippen LogP contribution in [0.15, 0.2) is 23.6 Å². The minimum atomic E-state index is -0.232. The Balaban J connectivity index is 1.95. The smallest absolute Gasteiger partial charge is 0.128 e. The number of anilines is 2. The Morgan fingerprint density at radius 3 is 3.06 bits per heavy atom. The number of hydrogen-bond donors (Lipinski definition) is 1. The fraction of sp³-hybridized carbons (Fsp3) is 0.286. The molecule has 0 aliphatic carbocycles. The third-order valence-corrected chi connectivity index (χ3v) is 4.48. The average Bonchev–Trinajstić information content (AvgIpc) is 2.80. The van der Waals surface area contributed by atoms with E-state index in [4.69, 9.17) is 5.73 Å². The summed E-state index contributed by atoms with van der Waals surface area (Å²) in [7, 11) is 0. The molecule has 2 nitrogen and oxygen atoms in total. The van der Waals surface area contributed by atoms with Gasteiger partial charge in [0.15, 0.2) is 0 Å². The molecule has 1 aliphatic rings. The van der Waals surface area contributed by atoms with E-state index >= 15 is 0 Å². The van der Waals surface area contributed by atoms with Crippen LogP contribution in [-0.2, 0) is 13.0 Å². The van der Waals surface area contributed by atoms with Crippen LogP contribution in [0.3, 0.4) is 0 Å². The predicted octanol–water partition coefficient (Wildman–Crippen LogP) is 3.34. The molecule has 1 aromatic carbocycles. The Kier molecular flexibility index (Phi) is 2.74. The summed E-state index contributed by atoms with van der Waals surface area (Å²) >= 11 is 1.81. The van der Waals surface area contributed by atoms with Crippen molar-refractivity contribution in [2.45, 2.75) is 19.9 Å². The number of benzene rings is 1. The van der Waals surface area contributed by atoms with Gasteiger partial charge in [0.25, 0.3) is 0 Å². The number of nitrogens with zero attached hydrogens (tertiary/aromatic N) is 1. The summed E-state index contributed by atoms with van der Waals surface area (Å²) < 4.78 is 13.4. The zero-order valence-corrected chi connectivity index (χ0v) is 11.1. The lowest BCUT2D eigenvalue weighted by Gasteiger charge is -2.30. The Labute approximate surface area is 110 Å². The summed E-state index contributed by atoms with van der Waals surface area (Å²) in [6, 6.07) is 5.44. The maximum atomic E-state index is 13.4. The van der Waals surface area contributed by atoms with Gasteiger partial charge in [-0.05, 0) is 48.1 Å². The quantitative estimate of drug-likeness (QED) is 0.799. The first-order valence-corrected chi connectivity index (χ1v) is 6.89. The fourth-order valence-corrected chi connectivity index (χ4v) is 3.30. The van der Waals surface area contributed by atoms with Gasteiger partial charge in [-0.1, -0.05) is 0 Å². The largest absolute Gasteiger partial charge is 0.397 e. The predicted molar refractivity (Wildman–Crippen MR) is 74.6 cm³/mol. The van der Waals surface area contributed by atoms with E-state index in [1.165, 1.54) is 16.5 Å². The van der Waals surface area contributed by atoms with E-state index in [9.17, 15) is 4.39 Å². The summed E-state index contributed by atoms with van der Waals surface area (Å²) in [6.45, 7) is 3.59. The number of nitrogens with two attached hydrogens (primary N) is 1. The van der Waals surface area contributed by atoms with Crippen LogP contribution in [0.2, 0.25) is 0 Å². The molecule has 1 aromatic heterocycles. The number of hydrogen-bond acceptors (Lipinski definition) is 3. The SMILES string of the molecule is Cc1cc(N2CCc3sccc3C2)c(N)cc1F.